The molecule has 26 heavy (non-hydrogen) atoms. The second-order valence-corrected chi connectivity index (χ2v) is 6.67. The lowest BCUT2D eigenvalue weighted by atomic mass is 10.0. The predicted molar refractivity (Wildman–Crippen MR) is 103 cm³/mol. The van der Waals surface area contributed by atoms with E-state index >= 15 is 0 Å². The molecule has 0 aliphatic heterocycles. The van der Waals surface area contributed by atoms with Crippen molar-refractivity contribution >= 4 is 11.0 Å². The molecule has 0 radical (unpaired) electrons. The summed E-state index contributed by atoms with van der Waals surface area (Å²) in [6, 6.07) is 4.89. The number of aliphatic hydroxyl groups is 1. The molecular weight excluding hydrogens is 332 g/mol. The first-order valence-corrected chi connectivity index (χ1v) is 9.69. The Kier molecular flexibility index (Phi) is 8.48. The van der Waals surface area contributed by atoms with Crippen LogP contribution in [0.1, 0.15) is 63.9 Å². The zero-order chi connectivity index (χ0) is 18.8. The molecule has 0 fully saturated rings. The molecule has 5 nitrogen and oxygen atoms in total. The third-order valence-electron chi connectivity index (χ3n) is 4.58. The maximum absolute atomic E-state index is 12.2. The summed E-state index contributed by atoms with van der Waals surface area (Å²) in [6.07, 6.45) is 9.92. The van der Waals surface area contributed by atoms with E-state index < -0.39 is 5.63 Å². The number of hydrogen-bond donors (Lipinski definition) is 2. The lowest BCUT2D eigenvalue weighted by Gasteiger charge is -2.09. The van der Waals surface area contributed by atoms with Gasteiger partial charge in [0.25, 0.3) is 0 Å². The van der Waals surface area contributed by atoms with Crippen LogP contribution in [0, 0.1) is 0 Å². The van der Waals surface area contributed by atoms with Crippen LogP contribution >= 0.6 is 0 Å². The first-order chi connectivity index (χ1) is 12.7. The predicted octanol–water partition coefficient (Wildman–Crippen LogP) is 4.55. The molecule has 144 valence electrons. The van der Waals surface area contributed by atoms with Crippen LogP contribution in [0.5, 0.6) is 11.5 Å². The third kappa shape index (κ3) is 5.77. The zero-order valence-corrected chi connectivity index (χ0v) is 15.6. The average molecular weight is 362 g/mol. The molecule has 0 spiro atoms. The summed E-state index contributed by atoms with van der Waals surface area (Å²) in [4.78, 5) is 12.2. The molecule has 0 unspecified atom stereocenters. The van der Waals surface area contributed by atoms with Gasteiger partial charge in [0.15, 0.2) is 0 Å². The van der Waals surface area contributed by atoms with E-state index in [-0.39, 0.29) is 19.0 Å². The minimum atomic E-state index is -0.470. The van der Waals surface area contributed by atoms with E-state index in [0.717, 1.165) is 19.3 Å². The van der Waals surface area contributed by atoms with Crippen molar-refractivity contribution in [3.05, 3.63) is 34.2 Å². The van der Waals surface area contributed by atoms with E-state index in [9.17, 15) is 9.90 Å². The Morgan fingerprint density at radius 2 is 1.73 bits per heavy atom. The lowest BCUT2D eigenvalue weighted by Crippen LogP contribution is -2.08. The lowest BCUT2D eigenvalue weighted by molar-refractivity contribution is 0.201. The van der Waals surface area contributed by atoms with Crippen molar-refractivity contribution in [2.75, 3.05) is 13.2 Å². The highest BCUT2D eigenvalue weighted by molar-refractivity contribution is 5.85. The Morgan fingerprint density at radius 3 is 2.42 bits per heavy atom. The molecule has 0 atom stereocenters. The van der Waals surface area contributed by atoms with Gasteiger partial charge in [0.05, 0.1) is 17.6 Å². The maximum atomic E-state index is 12.2. The van der Waals surface area contributed by atoms with E-state index in [2.05, 4.69) is 6.92 Å². The van der Waals surface area contributed by atoms with E-state index in [1.165, 1.54) is 32.1 Å². The van der Waals surface area contributed by atoms with Crippen LogP contribution in [0.25, 0.3) is 11.0 Å². The van der Waals surface area contributed by atoms with Crippen molar-refractivity contribution in [2.45, 2.75) is 64.7 Å². The van der Waals surface area contributed by atoms with E-state index in [0.29, 0.717) is 28.7 Å². The molecule has 1 aromatic heterocycles. The highest BCUT2D eigenvalue weighted by Gasteiger charge is 2.14. The molecule has 0 aliphatic rings. The monoisotopic (exact) mass is 362 g/mol. The summed E-state index contributed by atoms with van der Waals surface area (Å²) in [5, 5.41) is 19.8. The van der Waals surface area contributed by atoms with Crippen LogP contribution in [-0.4, -0.2) is 23.4 Å². The van der Waals surface area contributed by atoms with Crippen LogP contribution in [0.3, 0.4) is 0 Å². The van der Waals surface area contributed by atoms with Crippen molar-refractivity contribution in [3.8, 4) is 11.5 Å². The standard InChI is InChI=1S/C21H30O5/c1-2-3-4-5-6-7-8-9-10-17-20(23)18-15-16(25-14-13-22)11-12-19(18)26-21(17)24/h11-12,15,22-23H,2-10,13-14H2,1H3. The van der Waals surface area contributed by atoms with Crippen LogP contribution in [0.2, 0.25) is 0 Å². The number of rotatable bonds is 12. The quantitative estimate of drug-likeness (QED) is 0.428. The van der Waals surface area contributed by atoms with E-state index in [1.54, 1.807) is 18.2 Å². The van der Waals surface area contributed by atoms with Gasteiger partial charge >= 0.3 is 5.63 Å². The fraction of sp³-hybridized carbons (Fsp3) is 0.571. The Balaban J connectivity index is 1.97. The van der Waals surface area contributed by atoms with Gasteiger partial charge in [0.1, 0.15) is 23.7 Å². The van der Waals surface area contributed by atoms with Crippen molar-refractivity contribution in [1.29, 1.82) is 0 Å². The normalized spacial score (nSPS) is 11.2. The minimum Gasteiger partial charge on any atom is -0.507 e. The first kappa shape index (κ1) is 20.3. The summed E-state index contributed by atoms with van der Waals surface area (Å²) >= 11 is 0. The summed E-state index contributed by atoms with van der Waals surface area (Å²) in [7, 11) is 0. The first-order valence-electron chi connectivity index (χ1n) is 9.69. The number of benzene rings is 1. The second kappa shape index (κ2) is 10.9. The number of aliphatic hydroxyl groups excluding tert-OH is 1. The van der Waals surface area contributed by atoms with E-state index in [1.807, 2.05) is 0 Å². The average Bonchev–Trinajstić information content (AvgIpc) is 2.64. The van der Waals surface area contributed by atoms with Gasteiger partial charge in [-0.05, 0) is 31.0 Å². The third-order valence-corrected chi connectivity index (χ3v) is 4.58. The molecule has 2 N–H and O–H groups in total. The van der Waals surface area contributed by atoms with Gasteiger partial charge in [-0.2, -0.15) is 0 Å². The van der Waals surface area contributed by atoms with Crippen LogP contribution in [0.4, 0.5) is 0 Å². The van der Waals surface area contributed by atoms with Crippen LogP contribution in [-0.2, 0) is 6.42 Å². The summed E-state index contributed by atoms with van der Waals surface area (Å²) in [5.74, 6) is 0.502. The van der Waals surface area contributed by atoms with E-state index in [4.69, 9.17) is 14.3 Å². The largest absolute Gasteiger partial charge is 0.507 e. The molecule has 0 amide bonds. The van der Waals surface area contributed by atoms with Crippen molar-refractivity contribution in [3.63, 3.8) is 0 Å². The molecule has 1 heterocycles. The van der Waals surface area contributed by atoms with Gasteiger partial charge < -0.3 is 19.4 Å². The zero-order valence-electron chi connectivity index (χ0n) is 15.6. The summed E-state index contributed by atoms with van der Waals surface area (Å²) in [5.41, 5.74) is 0.202. The molecule has 0 saturated carbocycles. The number of unbranched alkanes of at least 4 members (excludes halogenated alkanes) is 7. The second-order valence-electron chi connectivity index (χ2n) is 6.67. The number of ether oxygens (including phenoxy) is 1. The molecule has 5 heteroatoms. The number of aromatic hydroxyl groups is 1. The molecule has 0 saturated heterocycles. The highest BCUT2D eigenvalue weighted by atomic mass is 16.5. The van der Waals surface area contributed by atoms with Crippen molar-refractivity contribution in [1.82, 2.24) is 0 Å². The van der Waals surface area contributed by atoms with Gasteiger partial charge in [-0.25, -0.2) is 4.79 Å². The number of hydrogen-bond acceptors (Lipinski definition) is 5. The summed E-state index contributed by atoms with van der Waals surface area (Å²) in [6.45, 7) is 2.30. The number of fused-ring (bicyclic) bond motifs is 1. The summed E-state index contributed by atoms with van der Waals surface area (Å²) < 4.78 is 10.7. The van der Waals surface area contributed by atoms with Gasteiger partial charge in [-0.3, -0.25) is 0 Å². The van der Waals surface area contributed by atoms with Crippen LogP contribution in [0.15, 0.2) is 27.4 Å². The Hall–Kier alpha value is -2.01. The molecule has 2 rings (SSSR count). The Morgan fingerprint density at radius 1 is 1.04 bits per heavy atom. The topological polar surface area (TPSA) is 79.9 Å². The molecule has 0 aliphatic carbocycles. The fourth-order valence-corrected chi connectivity index (χ4v) is 3.11. The fourth-order valence-electron chi connectivity index (χ4n) is 3.11. The Labute approximate surface area is 154 Å². The molecule has 0 bridgehead atoms. The molecular formula is C21H30O5. The molecule has 1 aromatic carbocycles. The smallest absolute Gasteiger partial charge is 0.343 e. The minimum absolute atomic E-state index is 0.0198. The van der Waals surface area contributed by atoms with Crippen LogP contribution < -0.4 is 10.4 Å². The van der Waals surface area contributed by atoms with Crippen molar-refractivity contribution < 1.29 is 19.4 Å². The SMILES string of the molecule is CCCCCCCCCCc1c(O)c2cc(OCCO)ccc2oc1=O. The Bertz CT molecular complexity index is 735. The highest BCUT2D eigenvalue weighted by Crippen LogP contribution is 2.30. The molecule has 2 aromatic rings. The van der Waals surface area contributed by atoms with Gasteiger partial charge in [0.2, 0.25) is 0 Å². The van der Waals surface area contributed by atoms with Crippen molar-refractivity contribution in [2.24, 2.45) is 0 Å². The van der Waals surface area contributed by atoms with Gasteiger partial charge in [-0.15, -0.1) is 0 Å². The van der Waals surface area contributed by atoms with Gasteiger partial charge in [0, 0.05) is 0 Å². The van der Waals surface area contributed by atoms with Gasteiger partial charge in [-0.1, -0.05) is 51.9 Å². The maximum Gasteiger partial charge on any atom is 0.343 e.